The summed E-state index contributed by atoms with van der Waals surface area (Å²) in [6.07, 6.45) is 3.94. The molecule has 0 bridgehead atoms. The fourth-order valence-electron chi connectivity index (χ4n) is 2.61. The molecule has 2 aromatic rings. The zero-order valence-corrected chi connectivity index (χ0v) is 10.8. The van der Waals surface area contributed by atoms with Crippen LogP contribution in [0.3, 0.4) is 0 Å². The lowest BCUT2D eigenvalue weighted by atomic mass is 9.96. The summed E-state index contributed by atoms with van der Waals surface area (Å²) >= 11 is 0. The molecule has 3 rings (SSSR count). The fourth-order valence-corrected chi connectivity index (χ4v) is 2.61. The number of fused-ring (bicyclic) bond motifs is 1. The van der Waals surface area contributed by atoms with E-state index in [0.29, 0.717) is 18.2 Å². The zero-order valence-electron chi connectivity index (χ0n) is 10.8. The summed E-state index contributed by atoms with van der Waals surface area (Å²) in [7, 11) is 1.95. The molecule has 2 heterocycles. The number of nitrogens with one attached hydrogen (secondary N) is 1. The maximum Gasteiger partial charge on any atom is 0.261 e. The van der Waals surface area contributed by atoms with Gasteiger partial charge in [-0.15, -0.1) is 0 Å². The molecular formula is C15H16N2O2. The van der Waals surface area contributed by atoms with Crippen LogP contribution in [0, 0.1) is 0 Å². The molecule has 1 aromatic heterocycles. The average Bonchev–Trinajstić information content (AvgIpc) is 2.99. The second-order valence-corrected chi connectivity index (χ2v) is 4.66. The Labute approximate surface area is 112 Å². The van der Waals surface area contributed by atoms with E-state index < -0.39 is 0 Å². The Balaban J connectivity index is 1.98. The first-order valence-electron chi connectivity index (χ1n) is 6.41. The molecular weight excluding hydrogens is 240 g/mol. The van der Waals surface area contributed by atoms with Crippen molar-refractivity contribution in [3.8, 4) is 0 Å². The molecule has 0 spiro atoms. The summed E-state index contributed by atoms with van der Waals surface area (Å²) in [6, 6.07) is 10.1. The van der Waals surface area contributed by atoms with Gasteiger partial charge in [-0.1, -0.05) is 18.2 Å². The van der Waals surface area contributed by atoms with Crippen molar-refractivity contribution in [2.24, 2.45) is 0 Å². The van der Waals surface area contributed by atoms with E-state index in [1.54, 1.807) is 6.07 Å². The fraction of sp³-hybridized carbons (Fsp3) is 0.267. The number of para-hydroxylation sites is 1. The SMILES string of the molecule is CNC1CCN(C(=O)c2ccoc2)c2ccccc21. The van der Waals surface area contributed by atoms with E-state index in [2.05, 4.69) is 11.4 Å². The maximum atomic E-state index is 12.5. The normalized spacial score (nSPS) is 18.2. The summed E-state index contributed by atoms with van der Waals surface area (Å²) in [4.78, 5) is 14.3. The van der Waals surface area contributed by atoms with Crippen LogP contribution < -0.4 is 10.2 Å². The van der Waals surface area contributed by atoms with Gasteiger partial charge in [-0.05, 0) is 31.2 Å². The molecule has 1 unspecified atom stereocenters. The minimum absolute atomic E-state index is 0.00393. The highest BCUT2D eigenvalue weighted by atomic mass is 16.3. The Bertz CT molecular complexity index is 578. The van der Waals surface area contributed by atoms with Crippen molar-refractivity contribution in [3.05, 3.63) is 54.0 Å². The minimum atomic E-state index is -0.00393. The van der Waals surface area contributed by atoms with E-state index in [1.165, 1.54) is 18.1 Å². The van der Waals surface area contributed by atoms with Crippen LogP contribution in [0.4, 0.5) is 5.69 Å². The molecule has 98 valence electrons. The van der Waals surface area contributed by atoms with Crippen LogP contribution >= 0.6 is 0 Å². The van der Waals surface area contributed by atoms with Gasteiger partial charge in [-0.3, -0.25) is 4.79 Å². The molecule has 1 N–H and O–H groups in total. The first-order valence-corrected chi connectivity index (χ1v) is 6.41. The van der Waals surface area contributed by atoms with E-state index in [1.807, 2.05) is 30.1 Å². The molecule has 1 atom stereocenters. The van der Waals surface area contributed by atoms with Gasteiger partial charge in [0.25, 0.3) is 5.91 Å². The number of carbonyl (C=O) groups is 1. The van der Waals surface area contributed by atoms with Crippen LogP contribution in [0.15, 0.2) is 47.3 Å². The zero-order chi connectivity index (χ0) is 13.2. The molecule has 0 saturated heterocycles. The van der Waals surface area contributed by atoms with Crippen LogP contribution in [0.25, 0.3) is 0 Å². The lowest BCUT2D eigenvalue weighted by Crippen LogP contribution is -2.38. The van der Waals surface area contributed by atoms with E-state index in [0.717, 1.165) is 12.1 Å². The minimum Gasteiger partial charge on any atom is -0.472 e. The Morgan fingerprint density at radius 3 is 2.95 bits per heavy atom. The van der Waals surface area contributed by atoms with Gasteiger partial charge in [0.2, 0.25) is 0 Å². The number of carbonyl (C=O) groups excluding carboxylic acids is 1. The third kappa shape index (κ3) is 2.04. The van der Waals surface area contributed by atoms with Crippen LogP contribution in [0.2, 0.25) is 0 Å². The highest BCUT2D eigenvalue weighted by Crippen LogP contribution is 2.34. The smallest absolute Gasteiger partial charge is 0.261 e. The molecule has 19 heavy (non-hydrogen) atoms. The van der Waals surface area contributed by atoms with Crippen LogP contribution in [-0.4, -0.2) is 19.5 Å². The topological polar surface area (TPSA) is 45.5 Å². The van der Waals surface area contributed by atoms with Gasteiger partial charge in [-0.2, -0.15) is 0 Å². The number of hydrogen-bond acceptors (Lipinski definition) is 3. The van der Waals surface area contributed by atoms with Gasteiger partial charge < -0.3 is 14.6 Å². The van der Waals surface area contributed by atoms with E-state index in [9.17, 15) is 4.79 Å². The molecule has 0 aliphatic carbocycles. The summed E-state index contributed by atoms with van der Waals surface area (Å²) < 4.78 is 5.00. The molecule has 1 aromatic carbocycles. The van der Waals surface area contributed by atoms with Gasteiger partial charge in [-0.25, -0.2) is 0 Å². The second-order valence-electron chi connectivity index (χ2n) is 4.66. The van der Waals surface area contributed by atoms with Gasteiger partial charge in [0.15, 0.2) is 0 Å². The molecule has 0 radical (unpaired) electrons. The lowest BCUT2D eigenvalue weighted by Gasteiger charge is -2.34. The van der Waals surface area contributed by atoms with Crippen molar-refractivity contribution in [1.29, 1.82) is 0 Å². The number of benzene rings is 1. The molecule has 0 saturated carbocycles. The number of nitrogens with zero attached hydrogens (tertiary/aromatic N) is 1. The van der Waals surface area contributed by atoms with E-state index in [-0.39, 0.29) is 5.91 Å². The third-order valence-electron chi connectivity index (χ3n) is 3.61. The van der Waals surface area contributed by atoms with Crippen molar-refractivity contribution in [2.45, 2.75) is 12.5 Å². The molecule has 1 aliphatic rings. The van der Waals surface area contributed by atoms with Crippen molar-refractivity contribution in [1.82, 2.24) is 5.32 Å². The molecule has 1 aliphatic heterocycles. The van der Waals surface area contributed by atoms with Gasteiger partial charge in [0.05, 0.1) is 11.8 Å². The monoisotopic (exact) mass is 256 g/mol. The van der Waals surface area contributed by atoms with Gasteiger partial charge in [0, 0.05) is 18.3 Å². The number of hydrogen-bond donors (Lipinski definition) is 1. The van der Waals surface area contributed by atoms with Crippen LogP contribution in [-0.2, 0) is 0 Å². The number of anilines is 1. The first kappa shape index (κ1) is 12.0. The Hall–Kier alpha value is -2.07. The summed E-state index contributed by atoms with van der Waals surface area (Å²) in [5.74, 6) is -0.00393. The first-order chi connectivity index (χ1) is 9.31. The number of furan rings is 1. The summed E-state index contributed by atoms with van der Waals surface area (Å²) in [5.41, 5.74) is 2.75. The van der Waals surface area contributed by atoms with Crippen molar-refractivity contribution >= 4 is 11.6 Å². The predicted molar refractivity (Wildman–Crippen MR) is 73.2 cm³/mol. The summed E-state index contributed by atoms with van der Waals surface area (Å²) in [5, 5.41) is 3.30. The number of rotatable bonds is 2. The van der Waals surface area contributed by atoms with Crippen molar-refractivity contribution in [3.63, 3.8) is 0 Å². The Morgan fingerprint density at radius 1 is 1.37 bits per heavy atom. The second kappa shape index (κ2) is 4.90. The van der Waals surface area contributed by atoms with Gasteiger partial charge in [0.1, 0.15) is 6.26 Å². The Morgan fingerprint density at radius 2 is 2.21 bits per heavy atom. The molecule has 4 nitrogen and oxygen atoms in total. The van der Waals surface area contributed by atoms with Crippen LogP contribution in [0.1, 0.15) is 28.4 Å². The lowest BCUT2D eigenvalue weighted by molar-refractivity contribution is 0.0983. The average molecular weight is 256 g/mol. The third-order valence-corrected chi connectivity index (χ3v) is 3.61. The van der Waals surface area contributed by atoms with Crippen molar-refractivity contribution in [2.75, 3.05) is 18.5 Å². The quantitative estimate of drug-likeness (QED) is 0.898. The summed E-state index contributed by atoms with van der Waals surface area (Å²) in [6.45, 7) is 0.715. The maximum absolute atomic E-state index is 12.5. The van der Waals surface area contributed by atoms with Gasteiger partial charge >= 0.3 is 0 Å². The largest absolute Gasteiger partial charge is 0.472 e. The Kier molecular flexibility index (Phi) is 3.09. The molecule has 4 heteroatoms. The highest BCUT2D eigenvalue weighted by Gasteiger charge is 2.28. The molecule has 0 fully saturated rings. The van der Waals surface area contributed by atoms with Crippen LogP contribution in [0.5, 0.6) is 0 Å². The van der Waals surface area contributed by atoms with E-state index in [4.69, 9.17) is 4.42 Å². The van der Waals surface area contributed by atoms with Crippen molar-refractivity contribution < 1.29 is 9.21 Å². The number of amides is 1. The standard InChI is InChI=1S/C15H16N2O2/c1-16-13-6-8-17(14-5-3-2-4-12(13)14)15(18)11-7-9-19-10-11/h2-5,7,9-10,13,16H,6,8H2,1H3. The molecule has 1 amide bonds. The highest BCUT2D eigenvalue weighted by molar-refractivity contribution is 6.06. The van der Waals surface area contributed by atoms with E-state index >= 15 is 0 Å². The predicted octanol–water partition coefficient (Wildman–Crippen LogP) is 2.59.